The number of hydrogen-bond acceptors (Lipinski definition) is 4. The van der Waals surface area contributed by atoms with E-state index in [1.54, 1.807) is 14.0 Å². The highest BCUT2D eigenvalue weighted by molar-refractivity contribution is 14.0. The average molecular weight is 421 g/mol. The Morgan fingerprint density at radius 3 is 2.59 bits per heavy atom. The lowest BCUT2D eigenvalue weighted by Crippen LogP contribution is -2.44. The monoisotopic (exact) mass is 421 g/mol. The first-order valence-corrected chi connectivity index (χ1v) is 7.97. The number of aryl methyl sites for hydroxylation is 1. The summed E-state index contributed by atoms with van der Waals surface area (Å²) in [4.78, 5) is 8.44. The molecule has 1 aliphatic rings. The number of rotatable bonds is 5. The zero-order valence-electron chi connectivity index (χ0n) is 13.8. The molecule has 1 fully saturated rings. The molecular formula is C15H28IN5O. The lowest BCUT2D eigenvalue weighted by Gasteiger charge is -2.30. The number of nitrogens with one attached hydrogen (secondary N) is 2. The van der Waals surface area contributed by atoms with Gasteiger partial charge in [-0.2, -0.15) is 4.98 Å². The van der Waals surface area contributed by atoms with Gasteiger partial charge >= 0.3 is 0 Å². The van der Waals surface area contributed by atoms with Crippen LogP contribution in [0.3, 0.4) is 0 Å². The Hall–Kier alpha value is -0.860. The minimum Gasteiger partial charge on any atom is -0.354 e. The van der Waals surface area contributed by atoms with Crippen molar-refractivity contribution in [1.82, 2.24) is 20.8 Å². The molecule has 0 unspecified atom stereocenters. The van der Waals surface area contributed by atoms with E-state index < -0.39 is 0 Å². The van der Waals surface area contributed by atoms with E-state index in [1.807, 2.05) is 0 Å². The third-order valence-corrected chi connectivity index (χ3v) is 4.09. The maximum Gasteiger partial charge on any atom is 0.223 e. The smallest absolute Gasteiger partial charge is 0.223 e. The van der Waals surface area contributed by atoms with Crippen molar-refractivity contribution in [2.24, 2.45) is 10.9 Å². The fraction of sp³-hybridized carbons (Fsp3) is 0.800. The first-order valence-electron chi connectivity index (χ1n) is 7.97. The molecule has 22 heavy (non-hydrogen) atoms. The van der Waals surface area contributed by atoms with Gasteiger partial charge in [-0.15, -0.1) is 24.0 Å². The summed E-state index contributed by atoms with van der Waals surface area (Å²) in [7, 11) is 1.79. The Morgan fingerprint density at radius 2 is 2.05 bits per heavy atom. The number of hydrogen-bond donors (Lipinski definition) is 2. The fourth-order valence-electron chi connectivity index (χ4n) is 2.97. The van der Waals surface area contributed by atoms with Gasteiger partial charge in [-0.3, -0.25) is 4.99 Å². The van der Waals surface area contributed by atoms with Crippen LogP contribution in [-0.4, -0.2) is 29.2 Å². The van der Waals surface area contributed by atoms with Crippen LogP contribution in [0, 0.1) is 12.8 Å². The van der Waals surface area contributed by atoms with Gasteiger partial charge in [0.25, 0.3) is 0 Å². The molecular weight excluding hydrogens is 393 g/mol. The molecule has 1 saturated carbocycles. The van der Waals surface area contributed by atoms with Crippen LogP contribution in [0.25, 0.3) is 0 Å². The summed E-state index contributed by atoms with van der Waals surface area (Å²) < 4.78 is 4.95. The van der Waals surface area contributed by atoms with Crippen LogP contribution in [0.4, 0.5) is 0 Å². The van der Waals surface area contributed by atoms with Crippen molar-refractivity contribution in [3.8, 4) is 0 Å². The Labute approximate surface area is 149 Å². The van der Waals surface area contributed by atoms with Crippen molar-refractivity contribution in [2.75, 3.05) is 7.05 Å². The van der Waals surface area contributed by atoms with E-state index in [-0.39, 0.29) is 24.0 Å². The fourth-order valence-corrected chi connectivity index (χ4v) is 2.97. The van der Waals surface area contributed by atoms with Crippen molar-refractivity contribution in [1.29, 1.82) is 0 Å². The van der Waals surface area contributed by atoms with Gasteiger partial charge in [0, 0.05) is 20.0 Å². The highest BCUT2D eigenvalue weighted by atomic mass is 127. The predicted molar refractivity (Wildman–Crippen MR) is 98.4 cm³/mol. The first kappa shape index (κ1) is 19.2. The maximum absolute atomic E-state index is 4.95. The van der Waals surface area contributed by atoms with Crippen LogP contribution in [0.1, 0.15) is 57.2 Å². The molecule has 1 aliphatic carbocycles. The van der Waals surface area contributed by atoms with Crippen LogP contribution in [0.2, 0.25) is 0 Å². The van der Waals surface area contributed by atoms with Gasteiger partial charge in [-0.25, -0.2) is 0 Å². The van der Waals surface area contributed by atoms with E-state index in [0.717, 1.165) is 11.9 Å². The third-order valence-electron chi connectivity index (χ3n) is 4.09. The molecule has 1 aromatic rings. The van der Waals surface area contributed by atoms with E-state index in [4.69, 9.17) is 4.52 Å². The number of nitrogens with zero attached hydrogens (tertiary/aromatic N) is 3. The maximum atomic E-state index is 4.95. The number of halogens is 1. The summed E-state index contributed by atoms with van der Waals surface area (Å²) in [6.45, 7) is 4.59. The molecule has 1 heterocycles. The SMILES string of the molecule is CCCC1CCC(NC(=NC)NCc2noc(C)n2)CC1.I. The van der Waals surface area contributed by atoms with Gasteiger partial charge in [0.05, 0.1) is 6.54 Å². The Morgan fingerprint density at radius 1 is 1.32 bits per heavy atom. The van der Waals surface area contributed by atoms with Crippen LogP contribution in [-0.2, 0) is 6.54 Å². The van der Waals surface area contributed by atoms with Crippen molar-refractivity contribution < 1.29 is 4.52 Å². The van der Waals surface area contributed by atoms with Gasteiger partial charge in [0.15, 0.2) is 11.8 Å². The average Bonchev–Trinajstić information content (AvgIpc) is 2.91. The topological polar surface area (TPSA) is 75.3 Å². The molecule has 2 rings (SSSR count). The molecule has 0 atom stereocenters. The van der Waals surface area contributed by atoms with E-state index in [2.05, 4.69) is 32.7 Å². The summed E-state index contributed by atoms with van der Waals surface area (Å²) in [5, 5.41) is 10.6. The van der Waals surface area contributed by atoms with E-state index >= 15 is 0 Å². The minimum absolute atomic E-state index is 0. The second kappa shape index (κ2) is 10.0. The summed E-state index contributed by atoms with van der Waals surface area (Å²) in [5.74, 6) is 2.98. The van der Waals surface area contributed by atoms with Gasteiger partial charge in [0.1, 0.15) is 0 Å². The molecule has 1 aromatic heterocycles. The molecule has 126 valence electrons. The van der Waals surface area contributed by atoms with Crippen LogP contribution in [0.5, 0.6) is 0 Å². The number of guanidine groups is 1. The quantitative estimate of drug-likeness (QED) is 0.434. The van der Waals surface area contributed by atoms with Crippen molar-refractivity contribution >= 4 is 29.9 Å². The normalized spacial score (nSPS) is 22.0. The van der Waals surface area contributed by atoms with E-state index in [0.29, 0.717) is 24.3 Å². The van der Waals surface area contributed by atoms with Gasteiger partial charge in [-0.1, -0.05) is 24.9 Å². The Balaban J connectivity index is 0.00000242. The Kier molecular flexibility index (Phi) is 8.74. The zero-order valence-corrected chi connectivity index (χ0v) is 16.1. The molecule has 0 radical (unpaired) electrons. The second-order valence-corrected chi connectivity index (χ2v) is 5.81. The van der Waals surface area contributed by atoms with Gasteiger partial charge in [0.2, 0.25) is 5.89 Å². The molecule has 0 aliphatic heterocycles. The summed E-state index contributed by atoms with van der Waals surface area (Å²) in [5.41, 5.74) is 0. The van der Waals surface area contributed by atoms with Crippen LogP contribution < -0.4 is 10.6 Å². The number of aliphatic imine (C=N–C) groups is 1. The molecule has 0 amide bonds. The predicted octanol–water partition coefficient (Wildman–Crippen LogP) is 3.02. The van der Waals surface area contributed by atoms with Crippen molar-refractivity contribution in [3.63, 3.8) is 0 Å². The zero-order chi connectivity index (χ0) is 15.1. The van der Waals surface area contributed by atoms with Crippen molar-refractivity contribution in [2.45, 2.75) is 65.0 Å². The molecule has 0 spiro atoms. The molecule has 2 N–H and O–H groups in total. The molecule has 6 nitrogen and oxygen atoms in total. The number of aromatic nitrogens is 2. The van der Waals surface area contributed by atoms with Gasteiger partial charge < -0.3 is 15.2 Å². The molecule has 0 bridgehead atoms. The van der Waals surface area contributed by atoms with Crippen LogP contribution in [0.15, 0.2) is 9.52 Å². The molecule has 0 aromatic carbocycles. The lowest BCUT2D eigenvalue weighted by atomic mass is 9.83. The summed E-state index contributed by atoms with van der Waals surface area (Å²) in [6, 6.07) is 0.524. The molecule has 7 heteroatoms. The first-order chi connectivity index (χ1) is 10.2. The standard InChI is InChI=1S/C15H27N5O.HI/c1-4-5-12-6-8-13(9-7-12)19-15(16-3)17-10-14-18-11(2)21-20-14;/h12-13H,4-10H2,1-3H3,(H2,16,17,19);1H. The minimum atomic E-state index is 0. The summed E-state index contributed by atoms with van der Waals surface area (Å²) in [6.07, 6.45) is 7.78. The molecule has 0 saturated heterocycles. The third kappa shape index (κ3) is 6.10. The Bertz CT molecular complexity index is 455. The largest absolute Gasteiger partial charge is 0.354 e. The van der Waals surface area contributed by atoms with Crippen molar-refractivity contribution in [3.05, 3.63) is 11.7 Å². The van der Waals surface area contributed by atoms with E-state index in [1.165, 1.54) is 38.5 Å². The van der Waals surface area contributed by atoms with Gasteiger partial charge in [-0.05, 0) is 31.6 Å². The van der Waals surface area contributed by atoms with Crippen LogP contribution >= 0.6 is 24.0 Å². The van der Waals surface area contributed by atoms with E-state index in [9.17, 15) is 0 Å². The summed E-state index contributed by atoms with van der Waals surface area (Å²) >= 11 is 0. The lowest BCUT2D eigenvalue weighted by molar-refractivity contribution is 0.295. The second-order valence-electron chi connectivity index (χ2n) is 5.81. The highest BCUT2D eigenvalue weighted by Gasteiger charge is 2.21. The highest BCUT2D eigenvalue weighted by Crippen LogP contribution is 2.27.